The highest BCUT2D eigenvalue weighted by molar-refractivity contribution is 6.31. The Bertz CT molecular complexity index is 1150. The van der Waals surface area contributed by atoms with Gasteiger partial charge in [0.15, 0.2) is 11.5 Å². The summed E-state index contributed by atoms with van der Waals surface area (Å²) in [5, 5.41) is 10.4. The Morgan fingerprint density at radius 2 is 1.93 bits per heavy atom. The molecule has 8 heteroatoms. The van der Waals surface area contributed by atoms with E-state index in [1.807, 2.05) is 0 Å². The van der Waals surface area contributed by atoms with Crippen LogP contribution in [-0.2, 0) is 4.79 Å². The molecular formula is C22H15ClFNO5. The van der Waals surface area contributed by atoms with Gasteiger partial charge in [0.05, 0.1) is 30.0 Å². The normalized spacial score (nSPS) is 16.3. The molecule has 0 saturated carbocycles. The van der Waals surface area contributed by atoms with E-state index >= 15 is 0 Å². The third-order valence-electron chi connectivity index (χ3n) is 4.81. The number of ether oxygens (including phenoxy) is 1. The molecule has 0 spiro atoms. The van der Waals surface area contributed by atoms with Crippen LogP contribution in [0.1, 0.15) is 22.2 Å². The zero-order valence-corrected chi connectivity index (χ0v) is 16.4. The Hall–Kier alpha value is -3.58. The molecule has 6 nitrogen and oxygen atoms in total. The van der Waals surface area contributed by atoms with Crippen molar-refractivity contribution in [3.63, 3.8) is 0 Å². The molecule has 30 heavy (non-hydrogen) atoms. The van der Waals surface area contributed by atoms with Crippen LogP contribution in [0.4, 0.5) is 10.1 Å². The molecule has 4 rings (SSSR count). The summed E-state index contributed by atoms with van der Waals surface area (Å²) in [4.78, 5) is 27.2. The van der Waals surface area contributed by atoms with Crippen molar-refractivity contribution in [2.24, 2.45) is 0 Å². The molecule has 1 aliphatic heterocycles. The first kappa shape index (κ1) is 19.7. The van der Waals surface area contributed by atoms with Crippen LogP contribution >= 0.6 is 11.6 Å². The van der Waals surface area contributed by atoms with Gasteiger partial charge in [0.2, 0.25) is 5.78 Å². The van der Waals surface area contributed by atoms with Crippen molar-refractivity contribution in [1.29, 1.82) is 0 Å². The van der Waals surface area contributed by atoms with Gasteiger partial charge in [-0.05, 0) is 48.0 Å². The van der Waals surface area contributed by atoms with E-state index in [1.54, 1.807) is 24.3 Å². The van der Waals surface area contributed by atoms with Gasteiger partial charge in [-0.25, -0.2) is 4.39 Å². The number of methoxy groups -OCH3 is 1. The minimum absolute atomic E-state index is 0.0261. The van der Waals surface area contributed by atoms with E-state index in [9.17, 15) is 19.1 Å². The molecule has 3 aromatic rings. The maximum atomic E-state index is 13.7. The Balaban J connectivity index is 1.88. The Kier molecular flexibility index (Phi) is 5.05. The fraction of sp³-hybridized carbons (Fsp3) is 0.0909. The number of carbonyl (C=O) groups is 2. The van der Waals surface area contributed by atoms with Crippen LogP contribution in [0.5, 0.6) is 5.75 Å². The number of aliphatic hydroxyl groups excluding tert-OH is 1. The van der Waals surface area contributed by atoms with Crippen LogP contribution in [0, 0.1) is 5.82 Å². The van der Waals surface area contributed by atoms with E-state index in [2.05, 4.69) is 0 Å². The largest absolute Gasteiger partial charge is 0.503 e. The summed E-state index contributed by atoms with van der Waals surface area (Å²) in [6.45, 7) is 0. The first-order chi connectivity index (χ1) is 14.4. The number of Topliss-reactive ketones (excluding diaryl/α,β-unsaturated/α-hetero) is 1. The number of nitrogens with zero attached hydrogens (tertiary/aromatic N) is 1. The molecule has 1 unspecified atom stereocenters. The summed E-state index contributed by atoms with van der Waals surface area (Å²) in [7, 11) is 1.51. The van der Waals surface area contributed by atoms with Crippen LogP contribution < -0.4 is 9.64 Å². The van der Waals surface area contributed by atoms with Gasteiger partial charge in [0, 0.05) is 5.69 Å². The second-order valence-corrected chi connectivity index (χ2v) is 6.93. The number of carbonyl (C=O) groups excluding carboxylic acids is 2. The monoisotopic (exact) mass is 427 g/mol. The van der Waals surface area contributed by atoms with Crippen molar-refractivity contribution in [2.45, 2.75) is 6.04 Å². The van der Waals surface area contributed by atoms with Gasteiger partial charge in [0.1, 0.15) is 11.6 Å². The molecule has 1 amide bonds. The summed E-state index contributed by atoms with van der Waals surface area (Å²) in [5.74, 6) is -2.26. The first-order valence-electron chi connectivity index (χ1n) is 8.86. The summed E-state index contributed by atoms with van der Waals surface area (Å²) < 4.78 is 24.0. The van der Waals surface area contributed by atoms with E-state index in [1.165, 1.54) is 42.5 Å². The van der Waals surface area contributed by atoms with E-state index in [0.717, 1.165) is 6.07 Å². The van der Waals surface area contributed by atoms with Crippen molar-refractivity contribution in [3.8, 4) is 5.75 Å². The van der Waals surface area contributed by atoms with Crippen LogP contribution in [-0.4, -0.2) is 23.9 Å². The van der Waals surface area contributed by atoms with Gasteiger partial charge < -0.3 is 14.3 Å². The molecule has 0 saturated heterocycles. The molecule has 2 aromatic carbocycles. The third kappa shape index (κ3) is 3.23. The van der Waals surface area contributed by atoms with Gasteiger partial charge in [-0.1, -0.05) is 23.7 Å². The number of aliphatic hydroxyl groups is 1. The molecule has 2 heterocycles. The maximum Gasteiger partial charge on any atom is 0.294 e. The number of hydrogen-bond acceptors (Lipinski definition) is 5. The Morgan fingerprint density at radius 3 is 2.53 bits per heavy atom. The van der Waals surface area contributed by atoms with E-state index < -0.39 is 29.3 Å². The molecule has 0 radical (unpaired) electrons. The molecule has 1 atom stereocenters. The van der Waals surface area contributed by atoms with Gasteiger partial charge in [-0.3, -0.25) is 14.5 Å². The number of anilines is 1. The molecular weight excluding hydrogens is 413 g/mol. The van der Waals surface area contributed by atoms with Crippen molar-refractivity contribution < 1.29 is 28.2 Å². The minimum Gasteiger partial charge on any atom is -0.503 e. The standard InChI is InChI=1S/C22H15ClFNO5/c1-29-14-7-4-12(5-8-14)19-18(20(26)17-3-2-10-30-17)21(27)22(28)25(19)13-6-9-16(24)15(23)11-13/h2-11,19,27H,1H3. The fourth-order valence-corrected chi connectivity index (χ4v) is 3.56. The van der Waals surface area contributed by atoms with E-state index in [4.69, 9.17) is 20.8 Å². The second-order valence-electron chi connectivity index (χ2n) is 6.52. The Morgan fingerprint density at radius 1 is 1.20 bits per heavy atom. The lowest BCUT2D eigenvalue weighted by Gasteiger charge is -2.27. The highest BCUT2D eigenvalue weighted by Crippen LogP contribution is 2.43. The average Bonchev–Trinajstić information content (AvgIpc) is 3.38. The number of amides is 1. The van der Waals surface area contributed by atoms with Crippen molar-refractivity contribution >= 4 is 29.0 Å². The number of rotatable bonds is 5. The van der Waals surface area contributed by atoms with Crippen LogP contribution in [0.15, 0.2) is 76.6 Å². The summed E-state index contributed by atoms with van der Waals surface area (Å²) in [6, 6.07) is 12.4. The second kappa shape index (κ2) is 7.68. The lowest BCUT2D eigenvalue weighted by Crippen LogP contribution is -2.31. The average molecular weight is 428 g/mol. The highest BCUT2D eigenvalue weighted by Gasteiger charge is 2.45. The Labute approximate surface area is 175 Å². The summed E-state index contributed by atoms with van der Waals surface area (Å²) in [5.41, 5.74) is 0.602. The molecule has 1 N–H and O–H groups in total. The highest BCUT2D eigenvalue weighted by atomic mass is 35.5. The van der Waals surface area contributed by atoms with Gasteiger partial charge in [-0.15, -0.1) is 0 Å². The molecule has 1 aromatic heterocycles. The van der Waals surface area contributed by atoms with Crippen LogP contribution in [0.2, 0.25) is 5.02 Å². The molecule has 1 aliphatic rings. The topological polar surface area (TPSA) is 80.0 Å². The van der Waals surface area contributed by atoms with Gasteiger partial charge >= 0.3 is 0 Å². The maximum absolute atomic E-state index is 13.7. The van der Waals surface area contributed by atoms with Crippen LogP contribution in [0.3, 0.4) is 0 Å². The predicted molar refractivity (Wildman–Crippen MR) is 107 cm³/mol. The SMILES string of the molecule is COc1ccc(C2C(C(=O)c3ccco3)=C(O)C(=O)N2c2ccc(F)c(Cl)c2)cc1. The number of halogens is 2. The number of furan rings is 1. The predicted octanol–water partition coefficient (Wildman–Crippen LogP) is 4.86. The van der Waals surface area contributed by atoms with E-state index in [-0.39, 0.29) is 22.0 Å². The minimum atomic E-state index is -0.984. The number of hydrogen-bond donors (Lipinski definition) is 1. The van der Waals surface area contributed by atoms with Crippen molar-refractivity contribution in [3.05, 3.63) is 94.4 Å². The number of ketones is 1. The molecule has 0 bridgehead atoms. The van der Waals surface area contributed by atoms with E-state index in [0.29, 0.717) is 11.3 Å². The van der Waals surface area contributed by atoms with Crippen molar-refractivity contribution in [1.82, 2.24) is 0 Å². The smallest absolute Gasteiger partial charge is 0.294 e. The first-order valence-corrected chi connectivity index (χ1v) is 9.24. The van der Waals surface area contributed by atoms with Crippen molar-refractivity contribution in [2.75, 3.05) is 12.0 Å². The number of benzene rings is 2. The summed E-state index contributed by atoms with van der Waals surface area (Å²) in [6.07, 6.45) is 1.32. The zero-order valence-electron chi connectivity index (χ0n) is 15.6. The third-order valence-corrected chi connectivity index (χ3v) is 5.10. The summed E-state index contributed by atoms with van der Waals surface area (Å²) >= 11 is 5.90. The quantitative estimate of drug-likeness (QED) is 0.588. The fourth-order valence-electron chi connectivity index (χ4n) is 3.38. The molecule has 0 aliphatic carbocycles. The van der Waals surface area contributed by atoms with Gasteiger partial charge in [0.25, 0.3) is 5.91 Å². The lowest BCUT2D eigenvalue weighted by atomic mass is 9.94. The molecule has 0 fully saturated rings. The zero-order chi connectivity index (χ0) is 21.4. The lowest BCUT2D eigenvalue weighted by molar-refractivity contribution is -0.117. The molecule has 152 valence electrons. The van der Waals surface area contributed by atoms with Crippen LogP contribution in [0.25, 0.3) is 0 Å². The van der Waals surface area contributed by atoms with Gasteiger partial charge in [-0.2, -0.15) is 0 Å².